The summed E-state index contributed by atoms with van der Waals surface area (Å²) in [6.07, 6.45) is 11.6. The van der Waals surface area contributed by atoms with Crippen LogP contribution in [0.1, 0.15) is 39.0 Å². The average Bonchev–Trinajstić information content (AvgIpc) is 2.78. The summed E-state index contributed by atoms with van der Waals surface area (Å²) in [5.74, 6) is 1.06. The molecule has 0 unspecified atom stereocenters. The molecule has 0 spiro atoms. The van der Waals surface area contributed by atoms with E-state index in [-0.39, 0.29) is 0 Å². The molecule has 0 heterocycles. The smallest absolute Gasteiger partial charge is 0.0280 e. The third-order valence-corrected chi connectivity index (χ3v) is 2.69. The Morgan fingerprint density at radius 3 is 2.64 bits per heavy atom. The molecule has 2 aliphatic carbocycles. The lowest BCUT2D eigenvalue weighted by Crippen LogP contribution is -1.91. The van der Waals surface area contributed by atoms with E-state index >= 15 is 0 Å². The molecule has 60 valence electrons. The van der Waals surface area contributed by atoms with Crippen LogP contribution >= 0.6 is 0 Å². The van der Waals surface area contributed by atoms with Crippen LogP contribution in [0, 0.1) is 5.92 Å². The molecule has 0 aromatic heterocycles. The Balaban J connectivity index is 1.92. The summed E-state index contributed by atoms with van der Waals surface area (Å²) < 4.78 is 0. The molecule has 0 nitrogen and oxygen atoms in total. The van der Waals surface area contributed by atoms with E-state index in [0.717, 1.165) is 5.92 Å². The van der Waals surface area contributed by atoms with Crippen LogP contribution in [-0.4, -0.2) is 0 Å². The molecule has 2 rings (SSSR count). The van der Waals surface area contributed by atoms with Crippen molar-refractivity contribution in [3.8, 4) is 0 Å². The molecule has 0 aromatic rings. The van der Waals surface area contributed by atoms with Crippen molar-refractivity contribution < 1.29 is 0 Å². The molecule has 0 heteroatoms. The second kappa shape index (κ2) is 2.84. The van der Waals surface area contributed by atoms with Gasteiger partial charge in [-0.2, -0.15) is 0 Å². The summed E-state index contributed by atoms with van der Waals surface area (Å²) in [5, 5.41) is 0. The van der Waals surface area contributed by atoms with Crippen molar-refractivity contribution in [3.05, 3.63) is 23.3 Å². The Labute approximate surface area is 69.0 Å². The van der Waals surface area contributed by atoms with Crippen LogP contribution in [0.3, 0.4) is 0 Å². The van der Waals surface area contributed by atoms with Gasteiger partial charge in [0.15, 0.2) is 0 Å². The zero-order valence-corrected chi connectivity index (χ0v) is 7.27. The minimum Gasteiger partial charge on any atom is -0.0730 e. The maximum Gasteiger partial charge on any atom is -0.0280 e. The van der Waals surface area contributed by atoms with Crippen molar-refractivity contribution >= 4 is 0 Å². The first-order valence-electron chi connectivity index (χ1n) is 4.70. The van der Waals surface area contributed by atoms with Gasteiger partial charge >= 0.3 is 0 Å². The van der Waals surface area contributed by atoms with E-state index in [1.807, 2.05) is 0 Å². The third-order valence-electron chi connectivity index (χ3n) is 2.69. The SMILES string of the molecule is CC1=CC=C(CC2CC2)CC1. The molecule has 0 bridgehead atoms. The molecule has 1 saturated carbocycles. The number of hydrogen-bond acceptors (Lipinski definition) is 0. The fourth-order valence-corrected chi connectivity index (χ4v) is 1.65. The highest BCUT2D eigenvalue weighted by Gasteiger charge is 2.22. The first-order valence-corrected chi connectivity index (χ1v) is 4.70. The van der Waals surface area contributed by atoms with Crippen molar-refractivity contribution in [1.29, 1.82) is 0 Å². The molecule has 0 aliphatic heterocycles. The van der Waals surface area contributed by atoms with Crippen molar-refractivity contribution in [1.82, 2.24) is 0 Å². The zero-order valence-electron chi connectivity index (χ0n) is 7.27. The van der Waals surface area contributed by atoms with Crippen LogP contribution in [-0.2, 0) is 0 Å². The average molecular weight is 148 g/mol. The van der Waals surface area contributed by atoms with Gasteiger partial charge in [-0.25, -0.2) is 0 Å². The van der Waals surface area contributed by atoms with Crippen LogP contribution in [0.5, 0.6) is 0 Å². The topological polar surface area (TPSA) is 0 Å². The van der Waals surface area contributed by atoms with Gasteiger partial charge in [-0.15, -0.1) is 0 Å². The van der Waals surface area contributed by atoms with Gasteiger partial charge in [0.1, 0.15) is 0 Å². The Morgan fingerprint density at radius 2 is 2.09 bits per heavy atom. The standard InChI is InChI=1S/C11H16/c1-9-2-4-10(5-3-9)8-11-6-7-11/h2,4,11H,3,5-8H2,1H3. The van der Waals surface area contributed by atoms with Crippen molar-refractivity contribution in [2.24, 2.45) is 5.92 Å². The number of allylic oxidation sites excluding steroid dienone is 4. The van der Waals surface area contributed by atoms with E-state index in [1.165, 1.54) is 32.1 Å². The van der Waals surface area contributed by atoms with Gasteiger partial charge in [0.2, 0.25) is 0 Å². The fourth-order valence-electron chi connectivity index (χ4n) is 1.65. The normalized spacial score (nSPS) is 24.5. The molecule has 0 saturated heterocycles. The van der Waals surface area contributed by atoms with Crippen molar-refractivity contribution in [2.75, 3.05) is 0 Å². The van der Waals surface area contributed by atoms with E-state index in [9.17, 15) is 0 Å². The van der Waals surface area contributed by atoms with Gasteiger partial charge in [-0.3, -0.25) is 0 Å². The van der Waals surface area contributed by atoms with E-state index in [2.05, 4.69) is 19.1 Å². The van der Waals surface area contributed by atoms with Crippen LogP contribution < -0.4 is 0 Å². The van der Waals surface area contributed by atoms with Gasteiger partial charge in [0.25, 0.3) is 0 Å². The predicted octanol–water partition coefficient (Wildman–Crippen LogP) is 3.45. The second-order valence-corrected chi connectivity index (χ2v) is 3.99. The molecule has 1 fully saturated rings. The minimum atomic E-state index is 1.06. The predicted molar refractivity (Wildman–Crippen MR) is 48.4 cm³/mol. The molecule has 0 aromatic carbocycles. The Kier molecular flexibility index (Phi) is 1.85. The molecule has 0 radical (unpaired) electrons. The van der Waals surface area contributed by atoms with Crippen molar-refractivity contribution in [2.45, 2.75) is 39.0 Å². The molecule has 0 atom stereocenters. The number of hydrogen-bond donors (Lipinski definition) is 0. The van der Waals surface area contributed by atoms with E-state index < -0.39 is 0 Å². The molecule has 0 N–H and O–H groups in total. The van der Waals surface area contributed by atoms with Crippen LogP contribution in [0.25, 0.3) is 0 Å². The van der Waals surface area contributed by atoms with Crippen LogP contribution in [0.4, 0.5) is 0 Å². The van der Waals surface area contributed by atoms with Gasteiger partial charge in [-0.05, 0) is 44.9 Å². The van der Waals surface area contributed by atoms with Gasteiger partial charge in [0.05, 0.1) is 0 Å². The lowest BCUT2D eigenvalue weighted by atomic mass is 9.96. The molecular formula is C11H16. The van der Waals surface area contributed by atoms with Gasteiger partial charge < -0.3 is 0 Å². The quantitative estimate of drug-likeness (QED) is 0.562. The third kappa shape index (κ3) is 1.95. The maximum atomic E-state index is 2.34. The lowest BCUT2D eigenvalue weighted by Gasteiger charge is -2.10. The lowest BCUT2D eigenvalue weighted by molar-refractivity contribution is 0.754. The summed E-state index contributed by atoms with van der Waals surface area (Å²) in [6.45, 7) is 2.23. The summed E-state index contributed by atoms with van der Waals surface area (Å²) >= 11 is 0. The molecule has 0 amide bonds. The Hall–Kier alpha value is -0.520. The van der Waals surface area contributed by atoms with Gasteiger partial charge in [-0.1, -0.05) is 23.3 Å². The largest absolute Gasteiger partial charge is 0.0730 e. The fraction of sp³-hybridized carbons (Fsp3) is 0.636. The second-order valence-electron chi connectivity index (χ2n) is 3.99. The molecular weight excluding hydrogens is 132 g/mol. The minimum absolute atomic E-state index is 1.06. The molecule has 11 heavy (non-hydrogen) atoms. The summed E-state index contributed by atoms with van der Waals surface area (Å²) in [5.41, 5.74) is 3.24. The van der Waals surface area contributed by atoms with Crippen LogP contribution in [0.15, 0.2) is 23.3 Å². The zero-order chi connectivity index (χ0) is 7.68. The first kappa shape index (κ1) is 7.15. The monoisotopic (exact) mass is 148 g/mol. The van der Waals surface area contributed by atoms with Gasteiger partial charge in [0, 0.05) is 0 Å². The highest BCUT2D eigenvalue weighted by atomic mass is 14.3. The first-order chi connectivity index (χ1) is 5.34. The van der Waals surface area contributed by atoms with Crippen molar-refractivity contribution in [3.63, 3.8) is 0 Å². The van der Waals surface area contributed by atoms with Crippen LogP contribution in [0.2, 0.25) is 0 Å². The van der Waals surface area contributed by atoms with E-state index in [0.29, 0.717) is 0 Å². The summed E-state index contributed by atoms with van der Waals surface area (Å²) in [6, 6.07) is 0. The number of rotatable bonds is 2. The Morgan fingerprint density at radius 1 is 1.27 bits per heavy atom. The summed E-state index contributed by atoms with van der Waals surface area (Å²) in [7, 11) is 0. The Bertz CT molecular complexity index is 204. The molecule has 2 aliphatic rings. The maximum absolute atomic E-state index is 2.34. The van der Waals surface area contributed by atoms with E-state index in [4.69, 9.17) is 0 Å². The summed E-state index contributed by atoms with van der Waals surface area (Å²) in [4.78, 5) is 0. The van der Waals surface area contributed by atoms with E-state index in [1.54, 1.807) is 11.1 Å². The highest BCUT2D eigenvalue weighted by molar-refractivity contribution is 5.23. The highest BCUT2D eigenvalue weighted by Crippen LogP contribution is 2.37.